The fourth-order valence-corrected chi connectivity index (χ4v) is 5.22. The normalized spacial score (nSPS) is 16.6. The summed E-state index contributed by atoms with van der Waals surface area (Å²) in [5, 5.41) is 6.03. The number of fused-ring (bicyclic) bond motifs is 3. The topological polar surface area (TPSA) is 105 Å². The molecule has 2 N–H and O–H groups in total. The minimum Gasteiger partial charge on any atom is -0.355 e. The van der Waals surface area contributed by atoms with Crippen LogP contribution in [0.3, 0.4) is 0 Å². The van der Waals surface area contributed by atoms with Crippen molar-refractivity contribution in [3.05, 3.63) is 42.0 Å². The molecule has 9 heteroatoms. The van der Waals surface area contributed by atoms with Gasteiger partial charge in [0, 0.05) is 32.4 Å². The Hall–Kier alpha value is -3.49. The van der Waals surface area contributed by atoms with Gasteiger partial charge in [-0.3, -0.25) is 9.59 Å². The zero-order valence-electron chi connectivity index (χ0n) is 19.8. The van der Waals surface area contributed by atoms with Gasteiger partial charge in [0.25, 0.3) is 5.91 Å². The lowest BCUT2D eigenvalue weighted by molar-refractivity contribution is -0.121. The number of piperidine rings is 1. The monoisotopic (exact) mass is 461 g/mol. The Balaban J connectivity index is 1.35. The summed E-state index contributed by atoms with van der Waals surface area (Å²) >= 11 is 0. The summed E-state index contributed by atoms with van der Waals surface area (Å²) in [6, 6.07) is 7.96. The number of anilines is 2. The maximum absolute atomic E-state index is 12.9. The minimum atomic E-state index is -0.494. The molecule has 0 aliphatic carbocycles. The predicted octanol–water partition coefficient (Wildman–Crippen LogP) is 3.16. The number of carbonyl (C=O) groups is 2. The minimum absolute atomic E-state index is 0.0805. The van der Waals surface area contributed by atoms with Crippen LogP contribution in [-0.4, -0.2) is 51.0 Å². The van der Waals surface area contributed by atoms with Crippen molar-refractivity contribution in [2.75, 3.05) is 29.9 Å². The highest BCUT2D eigenvalue weighted by molar-refractivity contribution is 6.06. The van der Waals surface area contributed by atoms with E-state index < -0.39 is 5.41 Å². The Bertz CT molecular complexity index is 1230. The van der Waals surface area contributed by atoms with Gasteiger partial charge in [-0.15, -0.1) is 0 Å². The number of hydrogen-bond donors (Lipinski definition) is 2. The molecule has 1 aromatic carbocycles. The van der Waals surface area contributed by atoms with Crippen LogP contribution >= 0.6 is 0 Å². The average molecular weight is 462 g/mol. The highest BCUT2D eigenvalue weighted by Gasteiger charge is 2.48. The van der Waals surface area contributed by atoms with Gasteiger partial charge in [0.15, 0.2) is 17.0 Å². The van der Waals surface area contributed by atoms with Crippen LogP contribution in [0.1, 0.15) is 61.6 Å². The molecular formula is C25H31N7O2. The van der Waals surface area contributed by atoms with Gasteiger partial charge in [-0.2, -0.15) is 0 Å². The van der Waals surface area contributed by atoms with E-state index >= 15 is 0 Å². The molecule has 3 aromatic rings. The first kappa shape index (κ1) is 22.3. The molecule has 0 atom stereocenters. The molecule has 5 rings (SSSR count). The van der Waals surface area contributed by atoms with Gasteiger partial charge in [0.2, 0.25) is 11.7 Å². The van der Waals surface area contributed by atoms with Crippen molar-refractivity contribution < 1.29 is 9.59 Å². The van der Waals surface area contributed by atoms with Crippen LogP contribution < -0.4 is 15.5 Å². The molecule has 0 bridgehead atoms. The smallest absolute Gasteiger partial charge is 0.287 e. The summed E-state index contributed by atoms with van der Waals surface area (Å²) in [4.78, 5) is 41.4. The third-order valence-electron chi connectivity index (χ3n) is 7.20. The molecule has 9 nitrogen and oxygen atoms in total. The van der Waals surface area contributed by atoms with Crippen molar-refractivity contribution in [1.29, 1.82) is 0 Å². The van der Waals surface area contributed by atoms with Gasteiger partial charge in [0.05, 0.1) is 5.41 Å². The predicted molar refractivity (Wildman–Crippen MR) is 131 cm³/mol. The van der Waals surface area contributed by atoms with E-state index in [1.54, 1.807) is 4.57 Å². The molecule has 4 heterocycles. The number of nitrogens with zero attached hydrogens (tertiary/aromatic N) is 5. The Morgan fingerprint density at radius 3 is 2.74 bits per heavy atom. The molecule has 2 amide bonds. The van der Waals surface area contributed by atoms with Crippen LogP contribution in [-0.2, 0) is 17.3 Å². The van der Waals surface area contributed by atoms with Crippen molar-refractivity contribution in [2.24, 2.45) is 7.05 Å². The molecule has 1 fully saturated rings. The van der Waals surface area contributed by atoms with Crippen molar-refractivity contribution in [1.82, 2.24) is 24.8 Å². The maximum Gasteiger partial charge on any atom is 0.287 e. The summed E-state index contributed by atoms with van der Waals surface area (Å²) in [5.41, 5.74) is 2.76. The standard InChI is InChI=1S/C25H31N7O2/c1-3-4-5-8-13-26-23(33)22-30-19-20(31(22)2)27-16-28-21(19)32-14-11-25(12-15-32)17-9-6-7-10-18(17)29-24(25)34/h6-7,9-10,16H,3-5,8,11-15H2,1-2H3,(H,26,33)(H,29,34). The Morgan fingerprint density at radius 2 is 1.94 bits per heavy atom. The number of amides is 2. The molecule has 0 unspecified atom stereocenters. The summed E-state index contributed by atoms with van der Waals surface area (Å²) in [6.45, 7) is 4.14. The molecule has 2 aliphatic rings. The number of imidazole rings is 1. The van der Waals surface area contributed by atoms with E-state index in [9.17, 15) is 9.59 Å². The highest BCUT2D eigenvalue weighted by Crippen LogP contribution is 2.45. The molecule has 1 spiro atoms. The average Bonchev–Trinajstić information content (AvgIpc) is 3.34. The largest absolute Gasteiger partial charge is 0.355 e. The third-order valence-corrected chi connectivity index (χ3v) is 7.20. The zero-order chi connectivity index (χ0) is 23.7. The first-order valence-corrected chi connectivity index (χ1v) is 12.2. The first-order valence-electron chi connectivity index (χ1n) is 12.2. The number of para-hydroxylation sites is 1. The van der Waals surface area contributed by atoms with E-state index in [0.29, 0.717) is 55.3 Å². The van der Waals surface area contributed by atoms with Gasteiger partial charge < -0.3 is 20.1 Å². The van der Waals surface area contributed by atoms with Crippen LogP contribution in [0.15, 0.2) is 30.6 Å². The van der Waals surface area contributed by atoms with Crippen LogP contribution in [0.5, 0.6) is 0 Å². The lowest BCUT2D eigenvalue weighted by Gasteiger charge is -2.38. The number of benzene rings is 1. The fourth-order valence-electron chi connectivity index (χ4n) is 5.22. The number of carbonyl (C=O) groups excluding carboxylic acids is 2. The Morgan fingerprint density at radius 1 is 1.15 bits per heavy atom. The van der Waals surface area contributed by atoms with Gasteiger partial charge in [0.1, 0.15) is 6.33 Å². The lowest BCUT2D eigenvalue weighted by atomic mass is 9.73. The van der Waals surface area contributed by atoms with Crippen LogP contribution in [0.4, 0.5) is 11.5 Å². The second kappa shape index (κ2) is 9.04. The molecule has 0 radical (unpaired) electrons. The van der Waals surface area contributed by atoms with E-state index in [1.807, 2.05) is 25.2 Å². The number of rotatable bonds is 7. The first-order chi connectivity index (χ1) is 16.5. The molecule has 1 saturated heterocycles. The summed E-state index contributed by atoms with van der Waals surface area (Å²) < 4.78 is 1.73. The summed E-state index contributed by atoms with van der Waals surface area (Å²) in [6.07, 6.45) is 7.31. The van der Waals surface area contributed by atoms with Gasteiger partial charge >= 0.3 is 0 Å². The number of unbranched alkanes of at least 4 members (excludes halogenated alkanes) is 3. The number of nitrogens with one attached hydrogen (secondary N) is 2. The van der Waals surface area contributed by atoms with Gasteiger partial charge in [-0.25, -0.2) is 15.0 Å². The highest BCUT2D eigenvalue weighted by atomic mass is 16.2. The van der Waals surface area contributed by atoms with Crippen molar-refractivity contribution >= 4 is 34.5 Å². The zero-order valence-corrected chi connectivity index (χ0v) is 19.8. The van der Waals surface area contributed by atoms with Crippen molar-refractivity contribution in [3.8, 4) is 0 Å². The van der Waals surface area contributed by atoms with E-state index in [4.69, 9.17) is 0 Å². The van der Waals surface area contributed by atoms with Crippen LogP contribution in [0.2, 0.25) is 0 Å². The van der Waals surface area contributed by atoms with Gasteiger partial charge in [-0.1, -0.05) is 44.4 Å². The molecule has 34 heavy (non-hydrogen) atoms. The fraction of sp³-hybridized carbons (Fsp3) is 0.480. The van der Waals surface area contributed by atoms with E-state index in [-0.39, 0.29) is 11.8 Å². The summed E-state index contributed by atoms with van der Waals surface area (Å²) in [7, 11) is 1.81. The number of aryl methyl sites for hydroxylation is 1. The number of aromatic nitrogens is 4. The second-order valence-electron chi connectivity index (χ2n) is 9.25. The molecule has 2 aromatic heterocycles. The number of hydrogen-bond acceptors (Lipinski definition) is 6. The molecule has 178 valence electrons. The quantitative estimate of drug-likeness (QED) is 0.524. The van der Waals surface area contributed by atoms with E-state index in [0.717, 1.165) is 30.5 Å². The second-order valence-corrected chi connectivity index (χ2v) is 9.25. The maximum atomic E-state index is 12.9. The SMILES string of the molecule is CCCCCCNC(=O)c1nc2c(N3CCC4(CC3)C(=O)Nc3ccccc34)ncnc2n1C. The summed E-state index contributed by atoms with van der Waals surface area (Å²) in [5.74, 6) is 0.936. The van der Waals surface area contributed by atoms with Crippen LogP contribution in [0, 0.1) is 0 Å². The van der Waals surface area contributed by atoms with Crippen LogP contribution in [0.25, 0.3) is 11.2 Å². The third kappa shape index (κ3) is 3.69. The van der Waals surface area contributed by atoms with Crippen molar-refractivity contribution in [3.63, 3.8) is 0 Å². The van der Waals surface area contributed by atoms with E-state index in [1.165, 1.54) is 12.7 Å². The molecular weight excluding hydrogens is 430 g/mol. The van der Waals surface area contributed by atoms with Gasteiger partial charge in [-0.05, 0) is 30.9 Å². The Labute approximate surface area is 199 Å². The Kier molecular flexibility index (Phi) is 5.93. The van der Waals surface area contributed by atoms with E-state index in [2.05, 4.69) is 43.5 Å². The molecule has 2 aliphatic heterocycles. The lowest BCUT2D eigenvalue weighted by Crippen LogP contribution is -2.46. The van der Waals surface area contributed by atoms with Crippen molar-refractivity contribution in [2.45, 2.75) is 50.9 Å². The molecule has 0 saturated carbocycles.